The maximum Gasteiger partial charge on any atom is 0.289 e. The second kappa shape index (κ2) is 4.31. The summed E-state index contributed by atoms with van der Waals surface area (Å²) in [7, 11) is 0. The number of thioether (sulfide) groups is 1. The van der Waals surface area contributed by atoms with Gasteiger partial charge in [0.2, 0.25) is 0 Å². The molecule has 2 fully saturated rings. The largest absolute Gasteiger partial charge is 0.455 e. The molecule has 1 aromatic rings. The molecule has 0 radical (unpaired) electrons. The maximum absolute atomic E-state index is 12.1. The Labute approximate surface area is 110 Å². The number of hydrogen-bond acceptors (Lipinski definition) is 4. The second-order valence-electron chi connectivity index (χ2n) is 5.24. The number of β-amino-alcohol motifs (C(OH)–C–C–N with tert-alkyl or cyclic N) is 1. The molecule has 0 atom stereocenters. The first-order valence-corrected chi connectivity index (χ1v) is 7.61. The summed E-state index contributed by atoms with van der Waals surface area (Å²) >= 11 is 1.66. The lowest BCUT2D eigenvalue weighted by atomic mass is 9.88. The highest BCUT2D eigenvalue weighted by Gasteiger charge is 2.53. The van der Waals surface area contributed by atoms with Crippen LogP contribution in [0.3, 0.4) is 0 Å². The summed E-state index contributed by atoms with van der Waals surface area (Å²) < 4.78 is 5.49. The van der Waals surface area contributed by atoms with Crippen LogP contribution in [-0.2, 0) is 5.75 Å². The Morgan fingerprint density at radius 1 is 1.56 bits per heavy atom. The third kappa shape index (κ3) is 2.06. The highest BCUT2D eigenvalue weighted by molar-refractivity contribution is 7.97. The van der Waals surface area contributed by atoms with Gasteiger partial charge in [-0.15, -0.1) is 0 Å². The quantitative estimate of drug-likeness (QED) is 0.903. The van der Waals surface area contributed by atoms with Crippen molar-refractivity contribution in [1.29, 1.82) is 0 Å². The first-order valence-electron chi connectivity index (χ1n) is 6.22. The van der Waals surface area contributed by atoms with Gasteiger partial charge >= 0.3 is 0 Å². The molecule has 0 bridgehead atoms. The summed E-state index contributed by atoms with van der Waals surface area (Å²) in [4.78, 5) is 13.8. The Hall–Kier alpha value is -0.940. The van der Waals surface area contributed by atoms with Crippen LogP contribution < -0.4 is 0 Å². The van der Waals surface area contributed by atoms with E-state index < -0.39 is 5.60 Å². The number of nitrogens with zero attached hydrogens (tertiary/aromatic N) is 1. The molecule has 0 spiro atoms. The molecule has 1 saturated heterocycles. The number of aliphatic hydroxyl groups is 1. The van der Waals surface area contributed by atoms with Gasteiger partial charge in [0, 0.05) is 0 Å². The van der Waals surface area contributed by atoms with Crippen LogP contribution in [0.2, 0.25) is 0 Å². The number of furan rings is 1. The molecular weight excluding hydrogens is 250 g/mol. The molecule has 1 N–H and O–H groups in total. The van der Waals surface area contributed by atoms with Gasteiger partial charge in [0.1, 0.15) is 11.4 Å². The standard InChI is InChI=1S/C13H17NO3S/c1-18-6-10-4-5-11(17-10)12(15)14-7-13(16,8-14)9-2-3-9/h4-5,9,16H,2-3,6-8H2,1H3. The third-order valence-corrected chi connectivity index (χ3v) is 4.29. The molecule has 3 rings (SSSR count). The predicted molar refractivity (Wildman–Crippen MR) is 69.5 cm³/mol. The summed E-state index contributed by atoms with van der Waals surface area (Å²) in [5, 5.41) is 10.2. The molecular formula is C13H17NO3S. The van der Waals surface area contributed by atoms with Crippen molar-refractivity contribution >= 4 is 17.7 Å². The van der Waals surface area contributed by atoms with Gasteiger partial charge in [-0.1, -0.05) is 0 Å². The van der Waals surface area contributed by atoms with E-state index in [0.29, 0.717) is 24.8 Å². The molecule has 1 aromatic heterocycles. The molecule has 1 aliphatic heterocycles. The molecule has 0 aromatic carbocycles. The molecule has 18 heavy (non-hydrogen) atoms. The van der Waals surface area contributed by atoms with E-state index in [-0.39, 0.29) is 5.91 Å². The highest BCUT2D eigenvalue weighted by atomic mass is 32.2. The van der Waals surface area contributed by atoms with Crippen LogP contribution in [0.15, 0.2) is 16.5 Å². The molecule has 0 unspecified atom stereocenters. The van der Waals surface area contributed by atoms with Crippen molar-refractivity contribution in [1.82, 2.24) is 4.90 Å². The lowest BCUT2D eigenvalue weighted by molar-refractivity contribution is -0.0965. The lowest BCUT2D eigenvalue weighted by Gasteiger charge is -2.46. The summed E-state index contributed by atoms with van der Waals surface area (Å²) in [5.41, 5.74) is -0.621. The zero-order valence-electron chi connectivity index (χ0n) is 10.4. The summed E-state index contributed by atoms with van der Waals surface area (Å²) in [6.45, 7) is 0.907. The average molecular weight is 267 g/mol. The van der Waals surface area contributed by atoms with Gasteiger partial charge in [-0.25, -0.2) is 0 Å². The monoisotopic (exact) mass is 267 g/mol. The zero-order chi connectivity index (χ0) is 12.8. The molecule has 1 saturated carbocycles. The minimum Gasteiger partial charge on any atom is -0.455 e. The van der Waals surface area contributed by atoms with E-state index in [1.165, 1.54) is 0 Å². The maximum atomic E-state index is 12.1. The number of carbonyl (C=O) groups is 1. The Morgan fingerprint density at radius 2 is 2.28 bits per heavy atom. The van der Waals surface area contributed by atoms with E-state index in [9.17, 15) is 9.90 Å². The first kappa shape index (κ1) is 12.1. The van der Waals surface area contributed by atoms with Crippen molar-refractivity contribution in [3.63, 3.8) is 0 Å². The molecule has 1 aliphatic carbocycles. The number of amides is 1. The fourth-order valence-corrected chi connectivity index (χ4v) is 2.95. The van der Waals surface area contributed by atoms with Crippen LogP contribution in [0.25, 0.3) is 0 Å². The zero-order valence-corrected chi connectivity index (χ0v) is 11.2. The number of hydrogen-bond donors (Lipinski definition) is 1. The van der Waals surface area contributed by atoms with Crippen molar-refractivity contribution in [2.75, 3.05) is 19.3 Å². The fourth-order valence-electron chi connectivity index (χ4n) is 2.51. The summed E-state index contributed by atoms with van der Waals surface area (Å²) in [5.74, 6) is 2.29. The number of likely N-dealkylation sites (tertiary alicyclic amines) is 1. The van der Waals surface area contributed by atoms with E-state index in [0.717, 1.165) is 24.4 Å². The van der Waals surface area contributed by atoms with Gasteiger partial charge in [0.15, 0.2) is 5.76 Å². The van der Waals surface area contributed by atoms with Crippen molar-refractivity contribution in [2.24, 2.45) is 5.92 Å². The Morgan fingerprint density at radius 3 is 2.89 bits per heavy atom. The Bertz CT molecular complexity index is 461. The van der Waals surface area contributed by atoms with Gasteiger partial charge in [-0.3, -0.25) is 4.79 Å². The normalized spacial score (nSPS) is 21.8. The smallest absolute Gasteiger partial charge is 0.289 e. The van der Waals surface area contributed by atoms with Crippen LogP contribution in [0.5, 0.6) is 0 Å². The van der Waals surface area contributed by atoms with E-state index in [4.69, 9.17) is 4.42 Å². The predicted octanol–water partition coefficient (Wildman–Crippen LogP) is 1.74. The Balaban J connectivity index is 1.61. The lowest BCUT2D eigenvalue weighted by Crippen LogP contribution is -2.64. The number of rotatable bonds is 4. The molecule has 4 nitrogen and oxygen atoms in total. The van der Waals surface area contributed by atoms with Gasteiger partial charge in [0.05, 0.1) is 18.8 Å². The van der Waals surface area contributed by atoms with Crippen LogP contribution >= 0.6 is 11.8 Å². The van der Waals surface area contributed by atoms with Crippen LogP contribution in [0.1, 0.15) is 29.2 Å². The third-order valence-electron chi connectivity index (χ3n) is 3.71. The SMILES string of the molecule is CSCc1ccc(C(=O)N2CC(O)(C3CC3)C2)o1. The van der Waals surface area contributed by atoms with Crippen LogP contribution in [0, 0.1) is 5.92 Å². The summed E-state index contributed by atoms with van der Waals surface area (Å²) in [6.07, 6.45) is 4.18. The van der Waals surface area contributed by atoms with Gasteiger partial charge in [0.25, 0.3) is 5.91 Å². The second-order valence-corrected chi connectivity index (χ2v) is 6.10. The van der Waals surface area contributed by atoms with Gasteiger partial charge in [-0.05, 0) is 37.1 Å². The highest BCUT2D eigenvalue weighted by Crippen LogP contribution is 2.44. The topological polar surface area (TPSA) is 53.7 Å². The van der Waals surface area contributed by atoms with Crippen LogP contribution in [0.4, 0.5) is 0 Å². The van der Waals surface area contributed by atoms with Gasteiger partial charge < -0.3 is 14.4 Å². The molecule has 98 valence electrons. The number of carbonyl (C=O) groups excluding carboxylic acids is 1. The van der Waals surface area contributed by atoms with Crippen molar-refractivity contribution in [3.8, 4) is 0 Å². The molecule has 2 aliphatic rings. The van der Waals surface area contributed by atoms with Crippen molar-refractivity contribution in [3.05, 3.63) is 23.7 Å². The Kier molecular flexibility index (Phi) is 2.90. The molecule has 1 amide bonds. The first-order chi connectivity index (χ1) is 8.62. The van der Waals surface area contributed by atoms with E-state index in [1.807, 2.05) is 12.3 Å². The minimum atomic E-state index is -0.621. The minimum absolute atomic E-state index is 0.104. The van der Waals surface area contributed by atoms with Gasteiger partial charge in [-0.2, -0.15) is 11.8 Å². The van der Waals surface area contributed by atoms with E-state index in [2.05, 4.69) is 0 Å². The molecule has 5 heteroatoms. The fraction of sp³-hybridized carbons (Fsp3) is 0.615. The van der Waals surface area contributed by atoms with Crippen molar-refractivity contribution in [2.45, 2.75) is 24.2 Å². The summed E-state index contributed by atoms with van der Waals surface area (Å²) in [6, 6.07) is 3.57. The molecule has 2 heterocycles. The average Bonchev–Trinajstić information content (AvgIpc) is 3.06. The van der Waals surface area contributed by atoms with Crippen LogP contribution in [-0.4, -0.2) is 40.9 Å². The van der Waals surface area contributed by atoms with E-state index >= 15 is 0 Å². The van der Waals surface area contributed by atoms with E-state index in [1.54, 1.807) is 22.7 Å². The van der Waals surface area contributed by atoms with Crippen molar-refractivity contribution < 1.29 is 14.3 Å².